The van der Waals surface area contributed by atoms with E-state index in [4.69, 9.17) is 5.26 Å². The number of nitrogens with one attached hydrogen (secondary N) is 2. The predicted octanol–water partition coefficient (Wildman–Crippen LogP) is -1.16. The van der Waals surface area contributed by atoms with Gasteiger partial charge in [-0.3, -0.25) is 9.59 Å². The van der Waals surface area contributed by atoms with Gasteiger partial charge in [-0.05, 0) is 6.42 Å². The highest BCUT2D eigenvalue weighted by Crippen LogP contribution is 2.03. The molecule has 0 radical (unpaired) electrons. The summed E-state index contributed by atoms with van der Waals surface area (Å²) in [5.41, 5.74) is 0. The Hall–Kier alpha value is -1.61. The standard InChI is InChI=1S/C10H16N4O2/c1-2-8-10(16)14(6-5-12-8)7-9(15)13-4-3-11/h8,12H,2,4-7H2,1H3,(H,13,15). The summed E-state index contributed by atoms with van der Waals surface area (Å²) in [6, 6.07) is 1.64. The van der Waals surface area contributed by atoms with Crippen molar-refractivity contribution in [2.45, 2.75) is 19.4 Å². The quantitative estimate of drug-likeness (QED) is 0.590. The fourth-order valence-corrected chi connectivity index (χ4v) is 1.63. The Kier molecular flexibility index (Phi) is 4.73. The van der Waals surface area contributed by atoms with Crippen molar-refractivity contribution in [3.63, 3.8) is 0 Å². The minimum absolute atomic E-state index is 0.0175. The van der Waals surface area contributed by atoms with Crippen molar-refractivity contribution < 1.29 is 9.59 Å². The summed E-state index contributed by atoms with van der Waals surface area (Å²) in [4.78, 5) is 24.6. The lowest BCUT2D eigenvalue weighted by atomic mass is 10.1. The zero-order valence-corrected chi connectivity index (χ0v) is 9.32. The summed E-state index contributed by atoms with van der Waals surface area (Å²) in [5, 5.41) is 13.8. The number of amides is 2. The number of nitriles is 1. The molecule has 1 rings (SSSR count). The highest BCUT2D eigenvalue weighted by molar-refractivity contribution is 5.88. The monoisotopic (exact) mass is 224 g/mol. The van der Waals surface area contributed by atoms with E-state index in [9.17, 15) is 9.59 Å². The summed E-state index contributed by atoms with van der Waals surface area (Å²) < 4.78 is 0. The lowest BCUT2D eigenvalue weighted by molar-refractivity contribution is -0.139. The largest absolute Gasteiger partial charge is 0.341 e. The van der Waals surface area contributed by atoms with Crippen LogP contribution in [0.15, 0.2) is 0 Å². The van der Waals surface area contributed by atoms with Gasteiger partial charge in [0.1, 0.15) is 6.54 Å². The first-order chi connectivity index (χ1) is 7.69. The molecule has 6 heteroatoms. The van der Waals surface area contributed by atoms with E-state index in [0.717, 1.165) is 6.42 Å². The van der Waals surface area contributed by atoms with Gasteiger partial charge >= 0.3 is 0 Å². The van der Waals surface area contributed by atoms with Crippen LogP contribution in [0.3, 0.4) is 0 Å². The molecule has 0 spiro atoms. The van der Waals surface area contributed by atoms with Gasteiger partial charge in [-0.15, -0.1) is 0 Å². The molecular weight excluding hydrogens is 208 g/mol. The summed E-state index contributed by atoms with van der Waals surface area (Å²) in [6.45, 7) is 3.19. The molecule has 1 aliphatic heterocycles. The molecule has 0 aromatic carbocycles. The first-order valence-electron chi connectivity index (χ1n) is 5.34. The molecule has 0 saturated carbocycles. The highest BCUT2D eigenvalue weighted by atomic mass is 16.2. The number of carbonyl (C=O) groups is 2. The van der Waals surface area contributed by atoms with E-state index in [0.29, 0.717) is 13.1 Å². The predicted molar refractivity (Wildman–Crippen MR) is 57.3 cm³/mol. The molecule has 0 aliphatic carbocycles. The molecule has 2 N–H and O–H groups in total. The van der Waals surface area contributed by atoms with Crippen LogP contribution >= 0.6 is 0 Å². The third-order valence-electron chi connectivity index (χ3n) is 2.49. The van der Waals surface area contributed by atoms with Crippen LogP contribution in [0.4, 0.5) is 0 Å². The first-order valence-corrected chi connectivity index (χ1v) is 5.34. The molecule has 16 heavy (non-hydrogen) atoms. The molecule has 0 aromatic heterocycles. The normalized spacial score (nSPS) is 20.4. The van der Waals surface area contributed by atoms with Crippen LogP contribution in [-0.4, -0.2) is 48.9 Å². The van der Waals surface area contributed by atoms with E-state index < -0.39 is 0 Å². The van der Waals surface area contributed by atoms with Gasteiger partial charge in [0.15, 0.2) is 0 Å². The molecule has 1 unspecified atom stereocenters. The van der Waals surface area contributed by atoms with Crippen molar-refractivity contribution in [3.8, 4) is 6.07 Å². The Morgan fingerprint density at radius 2 is 2.50 bits per heavy atom. The average Bonchev–Trinajstić information content (AvgIpc) is 2.29. The Labute approximate surface area is 94.6 Å². The maximum absolute atomic E-state index is 11.8. The zero-order chi connectivity index (χ0) is 12.0. The molecule has 1 atom stereocenters. The number of hydrogen-bond acceptors (Lipinski definition) is 4. The Bertz CT molecular complexity index is 310. The topological polar surface area (TPSA) is 85.2 Å². The molecule has 0 aromatic rings. The number of hydrogen-bond donors (Lipinski definition) is 2. The molecule has 88 valence electrons. The molecule has 0 bridgehead atoms. The molecule has 1 heterocycles. The van der Waals surface area contributed by atoms with E-state index in [1.165, 1.54) is 4.90 Å². The van der Waals surface area contributed by atoms with E-state index >= 15 is 0 Å². The number of piperazine rings is 1. The van der Waals surface area contributed by atoms with Crippen LogP contribution in [0.25, 0.3) is 0 Å². The zero-order valence-electron chi connectivity index (χ0n) is 9.32. The minimum atomic E-state index is -0.286. The van der Waals surface area contributed by atoms with Crippen molar-refractivity contribution in [2.24, 2.45) is 0 Å². The highest BCUT2D eigenvalue weighted by Gasteiger charge is 2.27. The van der Waals surface area contributed by atoms with Gasteiger partial charge in [0, 0.05) is 13.1 Å². The molecule has 2 amide bonds. The second-order valence-corrected chi connectivity index (χ2v) is 3.61. The molecular formula is C10H16N4O2. The van der Waals surface area contributed by atoms with Crippen LogP contribution in [0.1, 0.15) is 13.3 Å². The van der Waals surface area contributed by atoms with E-state index in [1.54, 1.807) is 0 Å². The van der Waals surface area contributed by atoms with Crippen LogP contribution in [0.2, 0.25) is 0 Å². The average molecular weight is 224 g/mol. The molecule has 1 aliphatic rings. The van der Waals surface area contributed by atoms with Crippen molar-refractivity contribution in [2.75, 3.05) is 26.2 Å². The van der Waals surface area contributed by atoms with Crippen LogP contribution in [0, 0.1) is 11.3 Å². The van der Waals surface area contributed by atoms with Gasteiger partial charge in [0.05, 0.1) is 18.7 Å². The fraction of sp³-hybridized carbons (Fsp3) is 0.700. The lowest BCUT2D eigenvalue weighted by Gasteiger charge is -2.32. The second-order valence-electron chi connectivity index (χ2n) is 3.61. The fourth-order valence-electron chi connectivity index (χ4n) is 1.63. The number of nitrogens with zero attached hydrogens (tertiary/aromatic N) is 2. The maximum Gasteiger partial charge on any atom is 0.240 e. The van der Waals surface area contributed by atoms with Crippen molar-refractivity contribution in [3.05, 3.63) is 0 Å². The van der Waals surface area contributed by atoms with Crippen molar-refractivity contribution in [1.29, 1.82) is 5.26 Å². The van der Waals surface area contributed by atoms with Gasteiger partial charge in [-0.2, -0.15) is 5.26 Å². The van der Waals surface area contributed by atoms with Gasteiger partial charge < -0.3 is 15.5 Å². The van der Waals surface area contributed by atoms with Gasteiger partial charge in [-0.1, -0.05) is 6.92 Å². The van der Waals surface area contributed by atoms with Crippen molar-refractivity contribution in [1.82, 2.24) is 15.5 Å². The molecule has 1 fully saturated rings. The molecule has 6 nitrogen and oxygen atoms in total. The van der Waals surface area contributed by atoms with Gasteiger partial charge in [-0.25, -0.2) is 0 Å². The lowest BCUT2D eigenvalue weighted by Crippen LogP contribution is -2.56. The Morgan fingerprint density at radius 3 is 3.12 bits per heavy atom. The van der Waals surface area contributed by atoms with Gasteiger partial charge in [0.25, 0.3) is 0 Å². The summed E-state index contributed by atoms with van der Waals surface area (Å²) in [7, 11) is 0. The summed E-state index contributed by atoms with van der Waals surface area (Å²) in [6.07, 6.45) is 0.717. The van der Waals surface area contributed by atoms with Crippen molar-refractivity contribution >= 4 is 11.8 Å². The Morgan fingerprint density at radius 1 is 1.75 bits per heavy atom. The van der Waals surface area contributed by atoms with E-state index in [2.05, 4.69) is 10.6 Å². The van der Waals surface area contributed by atoms with E-state index in [1.807, 2.05) is 13.0 Å². The minimum Gasteiger partial charge on any atom is -0.341 e. The summed E-state index contributed by atoms with van der Waals surface area (Å²) >= 11 is 0. The first kappa shape index (κ1) is 12.5. The van der Waals surface area contributed by atoms with Crippen LogP contribution in [-0.2, 0) is 9.59 Å². The summed E-state index contributed by atoms with van der Waals surface area (Å²) in [5.74, 6) is -0.326. The van der Waals surface area contributed by atoms with E-state index in [-0.39, 0.29) is 30.9 Å². The third-order valence-corrected chi connectivity index (χ3v) is 2.49. The number of carbonyl (C=O) groups excluding carboxylic acids is 2. The van der Waals surface area contributed by atoms with Crippen LogP contribution in [0.5, 0.6) is 0 Å². The third kappa shape index (κ3) is 3.21. The second kappa shape index (κ2) is 6.08. The number of rotatable bonds is 4. The smallest absolute Gasteiger partial charge is 0.240 e. The molecule has 1 saturated heterocycles. The SMILES string of the molecule is CCC1NCCN(CC(=O)NCC#N)C1=O. The van der Waals surface area contributed by atoms with Gasteiger partial charge in [0.2, 0.25) is 11.8 Å². The Balaban J connectivity index is 2.44. The van der Waals surface area contributed by atoms with Crippen LogP contribution < -0.4 is 10.6 Å². The maximum atomic E-state index is 11.8.